The van der Waals surface area contributed by atoms with Crippen molar-refractivity contribution in [3.63, 3.8) is 0 Å². The lowest BCUT2D eigenvalue weighted by molar-refractivity contribution is 0.735. The Hall–Kier alpha value is -0.720. The molecule has 0 atom stereocenters. The number of nitrogens with two attached hydrogens (primary N) is 1. The van der Waals surface area contributed by atoms with Crippen molar-refractivity contribution in [2.75, 3.05) is 0 Å². The molecule has 1 nitrogen and oxygen atoms in total. The number of unbranched alkanes of at least 4 members (excludes halogenated alkanes) is 1. The van der Waals surface area contributed by atoms with Gasteiger partial charge in [0.1, 0.15) is 0 Å². The van der Waals surface area contributed by atoms with E-state index in [0.29, 0.717) is 5.92 Å². The summed E-state index contributed by atoms with van der Waals surface area (Å²) in [6.45, 7) is 6.66. The van der Waals surface area contributed by atoms with E-state index in [9.17, 15) is 0 Å². The minimum absolute atomic E-state index is 0.646. The molecule has 0 aromatic carbocycles. The highest BCUT2D eigenvalue weighted by Crippen LogP contribution is 2.15. The molecular weight excluding hydrogens is 146 g/mol. The molecule has 0 bridgehead atoms. The highest BCUT2D eigenvalue weighted by molar-refractivity contribution is 5.09. The van der Waals surface area contributed by atoms with Crippen LogP contribution >= 0.6 is 0 Å². The van der Waals surface area contributed by atoms with Crippen LogP contribution in [0.2, 0.25) is 0 Å². The quantitative estimate of drug-likeness (QED) is 0.625. The van der Waals surface area contributed by atoms with Crippen LogP contribution in [0.4, 0.5) is 0 Å². The molecule has 0 aliphatic carbocycles. The second-order valence-electron chi connectivity index (χ2n) is 3.35. The van der Waals surface area contributed by atoms with Crippen LogP contribution in [0.5, 0.6) is 0 Å². The lowest BCUT2D eigenvalue weighted by Gasteiger charge is -2.08. The smallest absolute Gasteiger partial charge is 0.00998 e. The van der Waals surface area contributed by atoms with Crippen LogP contribution in [0.3, 0.4) is 0 Å². The Bertz CT molecular complexity index is 154. The van der Waals surface area contributed by atoms with Gasteiger partial charge < -0.3 is 5.73 Å². The fraction of sp³-hybridized carbons (Fsp3) is 0.636. The van der Waals surface area contributed by atoms with Crippen molar-refractivity contribution in [3.8, 4) is 0 Å². The summed E-state index contributed by atoms with van der Waals surface area (Å²) in [5.41, 5.74) is 6.80. The van der Waals surface area contributed by atoms with Crippen LogP contribution in [-0.2, 0) is 0 Å². The minimum Gasteiger partial charge on any atom is -0.405 e. The van der Waals surface area contributed by atoms with Crippen molar-refractivity contribution in [2.24, 2.45) is 11.7 Å². The zero-order chi connectivity index (χ0) is 9.40. The maximum Gasteiger partial charge on any atom is -0.00998 e. The fourth-order valence-corrected chi connectivity index (χ4v) is 1.09. The zero-order valence-corrected chi connectivity index (χ0v) is 8.51. The molecule has 0 aliphatic rings. The van der Waals surface area contributed by atoms with E-state index < -0.39 is 0 Å². The number of rotatable bonds is 5. The Morgan fingerprint density at radius 2 is 2.08 bits per heavy atom. The molecule has 0 radical (unpaired) electrons. The standard InChI is InChI=1S/C11H21N/c1-4-5-7-11(10(2)3)8-6-9-12/h6-7,9-10H,4-5,8,12H2,1-3H3/b9-6+,11-7?. The Morgan fingerprint density at radius 1 is 1.42 bits per heavy atom. The summed E-state index contributed by atoms with van der Waals surface area (Å²) < 4.78 is 0. The Morgan fingerprint density at radius 3 is 2.50 bits per heavy atom. The van der Waals surface area contributed by atoms with E-state index in [1.54, 1.807) is 6.20 Å². The molecule has 0 spiro atoms. The molecule has 0 amide bonds. The summed E-state index contributed by atoms with van der Waals surface area (Å²) in [4.78, 5) is 0. The summed E-state index contributed by atoms with van der Waals surface area (Å²) >= 11 is 0. The normalized spacial score (nSPS) is 13.2. The van der Waals surface area contributed by atoms with Gasteiger partial charge in [0.2, 0.25) is 0 Å². The molecular formula is C11H21N. The monoisotopic (exact) mass is 167 g/mol. The highest BCUT2D eigenvalue weighted by atomic mass is 14.5. The maximum absolute atomic E-state index is 5.30. The Labute approximate surface area is 76.3 Å². The average molecular weight is 167 g/mol. The van der Waals surface area contributed by atoms with Crippen molar-refractivity contribution >= 4 is 0 Å². The van der Waals surface area contributed by atoms with E-state index in [0.717, 1.165) is 6.42 Å². The zero-order valence-electron chi connectivity index (χ0n) is 8.51. The van der Waals surface area contributed by atoms with Gasteiger partial charge in [0.15, 0.2) is 0 Å². The van der Waals surface area contributed by atoms with E-state index in [4.69, 9.17) is 5.73 Å². The van der Waals surface area contributed by atoms with E-state index in [-0.39, 0.29) is 0 Å². The molecule has 0 saturated carbocycles. The first kappa shape index (κ1) is 11.3. The molecule has 0 aromatic rings. The molecule has 0 unspecified atom stereocenters. The van der Waals surface area contributed by atoms with E-state index in [2.05, 4.69) is 26.8 Å². The largest absolute Gasteiger partial charge is 0.405 e. The van der Waals surface area contributed by atoms with Crippen LogP contribution in [0, 0.1) is 5.92 Å². The van der Waals surface area contributed by atoms with Gasteiger partial charge in [0.05, 0.1) is 0 Å². The average Bonchev–Trinajstić information content (AvgIpc) is 2.04. The molecule has 70 valence electrons. The molecule has 0 heterocycles. The molecule has 0 aromatic heterocycles. The molecule has 0 aliphatic heterocycles. The fourth-order valence-electron chi connectivity index (χ4n) is 1.09. The summed E-state index contributed by atoms with van der Waals surface area (Å²) in [5.74, 6) is 0.646. The second kappa shape index (κ2) is 6.96. The van der Waals surface area contributed by atoms with Crippen molar-refractivity contribution in [1.82, 2.24) is 0 Å². The van der Waals surface area contributed by atoms with Gasteiger partial charge in [-0.25, -0.2) is 0 Å². The number of hydrogen-bond donors (Lipinski definition) is 1. The Kier molecular flexibility index (Phi) is 6.54. The Balaban J connectivity index is 4.03. The van der Waals surface area contributed by atoms with Crippen LogP contribution in [-0.4, -0.2) is 0 Å². The molecule has 1 heteroatoms. The van der Waals surface area contributed by atoms with Crippen molar-refractivity contribution in [2.45, 2.75) is 40.0 Å². The maximum atomic E-state index is 5.30. The summed E-state index contributed by atoms with van der Waals surface area (Å²) in [7, 11) is 0. The van der Waals surface area contributed by atoms with Crippen LogP contribution in [0.25, 0.3) is 0 Å². The van der Waals surface area contributed by atoms with Gasteiger partial charge in [-0.1, -0.05) is 44.9 Å². The summed E-state index contributed by atoms with van der Waals surface area (Å²) in [5, 5.41) is 0. The van der Waals surface area contributed by atoms with Gasteiger partial charge in [-0.15, -0.1) is 0 Å². The SMILES string of the molecule is CCCC=C(C/C=C/N)C(C)C. The summed E-state index contributed by atoms with van der Waals surface area (Å²) in [6, 6.07) is 0. The summed E-state index contributed by atoms with van der Waals surface area (Å²) in [6.07, 6.45) is 9.40. The first-order chi connectivity index (χ1) is 5.72. The first-order valence-electron chi connectivity index (χ1n) is 4.78. The van der Waals surface area contributed by atoms with Gasteiger partial charge in [-0.3, -0.25) is 0 Å². The van der Waals surface area contributed by atoms with E-state index in [1.165, 1.54) is 18.4 Å². The predicted octanol–water partition coefficient (Wildman–Crippen LogP) is 3.23. The minimum atomic E-state index is 0.646. The lowest BCUT2D eigenvalue weighted by Crippen LogP contribution is -1.93. The molecule has 0 rings (SSSR count). The number of hydrogen-bond acceptors (Lipinski definition) is 1. The lowest BCUT2D eigenvalue weighted by atomic mass is 9.98. The van der Waals surface area contributed by atoms with E-state index >= 15 is 0 Å². The van der Waals surface area contributed by atoms with Gasteiger partial charge in [-0.05, 0) is 25.0 Å². The third-order valence-corrected chi connectivity index (χ3v) is 1.93. The van der Waals surface area contributed by atoms with Crippen LogP contribution in [0.15, 0.2) is 23.9 Å². The van der Waals surface area contributed by atoms with Crippen LogP contribution in [0.1, 0.15) is 40.0 Å². The third kappa shape index (κ3) is 5.00. The van der Waals surface area contributed by atoms with Crippen LogP contribution < -0.4 is 5.73 Å². The van der Waals surface area contributed by atoms with Gasteiger partial charge in [0, 0.05) is 0 Å². The molecule has 0 fully saturated rings. The molecule has 12 heavy (non-hydrogen) atoms. The van der Waals surface area contributed by atoms with Crippen molar-refractivity contribution in [1.29, 1.82) is 0 Å². The van der Waals surface area contributed by atoms with Gasteiger partial charge in [-0.2, -0.15) is 0 Å². The predicted molar refractivity (Wildman–Crippen MR) is 55.8 cm³/mol. The third-order valence-electron chi connectivity index (χ3n) is 1.93. The second-order valence-corrected chi connectivity index (χ2v) is 3.35. The van der Waals surface area contributed by atoms with Crippen molar-refractivity contribution < 1.29 is 0 Å². The topological polar surface area (TPSA) is 26.0 Å². The van der Waals surface area contributed by atoms with Gasteiger partial charge >= 0.3 is 0 Å². The van der Waals surface area contributed by atoms with Gasteiger partial charge in [0.25, 0.3) is 0 Å². The number of allylic oxidation sites excluding steroid dienone is 3. The van der Waals surface area contributed by atoms with E-state index in [1.807, 2.05) is 6.08 Å². The molecule has 2 N–H and O–H groups in total. The van der Waals surface area contributed by atoms with Crippen molar-refractivity contribution in [3.05, 3.63) is 23.9 Å². The first-order valence-corrected chi connectivity index (χ1v) is 4.78. The molecule has 0 saturated heterocycles. The highest BCUT2D eigenvalue weighted by Gasteiger charge is 1.99.